The first-order valence-corrected chi connectivity index (χ1v) is 4.72. The lowest BCUT2D eigenvalue weighted by atomic mass is 10.1. The van der Waals surface area contributed by atoms with Crippen LogP contribution in [0, 0.1) is 11.8 Å². The van der Waals surface area contributed by atoms with E-state index >= 15 is 0 Å². The summed E-state index contributed by atoms with van der Waals surface area (Å²) >= 11 is 0. The maximum atomic E-state index is 10.5. The van der Waals surface area contributed by atoms with Crippen LogP contribution in [0.25, 0.3) is 0 Å². The predicted molar refractivity (Wildman–Crippen MR) is 56.5 cm³/mol. The molecular weight excluding hydrogens is 194 g/mol. The van der Waals surface area contributed by atoms with E-state index in [0.29, 0.717) is 6.61 Å². The molecule has 1 aromatic carbocycles. The Morgan fingerprint density at radius 2 is 2.27 bits per heavy atom. The van der Waals surface area contributed by atoms with E-state index in [1.54, 1.807) is 0 Å². The Bertz CT molecular complexity index is 349. The molecule has 1 aromatic rings. The van der Waals surface area contributed by atoms with E-state index in [1.165, 1.54) is 5.56 Å². The molecule has 0 aliphatic heterocycles. The number of hydrogen-bond donors (Lipinski definition) is 0. The number of amides is 1. The largest absolute Gasteiger partial charge is 0.371 e. The highest BCUT2D eigenvalue weighted by atomic mass is 16.5. The summed E-state index contributed by atoms with van der Waals surface area (Å²) in [5, 5.41) is 2.23. The van der Waals surface area contributed by atoms with Crippen LogP contribution in [-0.2, 0) is 16.0 Å². The van der Waals surface area contributed by atoms with E-state index in [0.717, 1.165) is 12.0 Å². The summed E-state index contributed by atoms with van der Waals surface area (Å²) in [6.07, 6.45) is 0.730. The molecule has 80 valence electrons. The monoisotopic (exact) mass is 207 g/mol. The molecular formula is C11H13NO3. The maximum absolute atomic E-state index is 10.5. The Labute approximate surface area is 88.2 Å². The molecule has 0 saturated heterocycles. The number of nitrogens with zero attached hydrogens (tertiary/aromatic N) is 1. The van der Waals surface area contributed by atoms with Crippen molar-refractivity contribution < 1.29 is 9.53 Å². The van der Waals surface area contributed by atoms with Crippen LogP contribution in [0.5, 0.6) is 0 Å². The first-order chi connectivity index (χ1) is 7.22. The van der Waals surface area contributed by atoms with E-state index in [2.05, 4.69) is 11.2 Å². The third-order valence-electron chi connectivity index (χ3n) is 1.94. The van der Waals surface area contributed by atoms with Gasteiger partial charge >= 0.3 is 5.91 Å². The Kier molecular flexibility index (Phi) is 4.63. The fourth-order valence-corrected chi connectivity index (χ4v) is 1.24. The van der Waals surface area contributed by atoms with Gasteiger partial charge in [-0.1, -0.05) is 29.8 Å². The summed E-state index contributed by atoms with van der Waals surface area (Å²) in [6.45, 7) is 2.21. The topological polar surface area (TPSA) is 55.7 Å². The highest BCUT2D eigenvalue weighted by molar-refractivity contribution is 5.77. The van der Waals surface area contributed by atoms with Gasteiger partial charge in [0, 0.05) is 5.18 Å². The standard InChI is InChI=1S/C11H13NO3/c1-9-3-2-4-10(7-9)5-6-15-8-11(13)12-14/h2-4,7H,5-6,8H2,1H3. The van der Waals surface area contributed by atoms with Gasteiger partial charge in [0.05, 0.1) is 6.61 Å². The van der Waals surface area contributed by atoms with Crippen LogP contribution in [0.15, 0.2) is 29.4 Å². The summed E-state index contributed by atoms with van der Waals surface area (Å²) in [4.78, 5) is 20.2. The van der Waals surface area contributed by atoms with Crippen LogP contribution in [0.3, 0.4) is 0 Å². The Hall–Kier alpha value is -1.55. The Balaban J connectivity index is 2.26. The molecule has 0 N–H and O–H groups in total. The van der Waals surface area contributed by atoms with Gasteiger partial charge in [-0.2, -0.15) is 0 Å². The molecule has 0 bridgehead atoms. The molecule has 0 atom stereocenters. The van der Waals surface area contributed by atoms with Gasteiger partial charge in [0.15, 0.2) is 0 Å². The highest BCUT2D eigenvalue weighted by Gasteiger charge is 2.00. The first kappa shape index (κ1) is 11.5. The van der Waals surface area contributed by atoms with Gasteiger partial charge in [0.1, 0.15) is 6.61 Å². The molecule has 0 spiro atoms. The SMILES string of the molecule is Cc1cccc(CCOCC(=O)N=O)c1. The molecule has 1 amide bonds. The van der Waals surface area contributed by atoms with Crippen LogP contribution in [0.4, 0.5) is 0 Å². The first-order valence-electron chi connectivity index (χ1n) is 4.72. The van der Waals surface area contributed by atoms with E-state index in [9.17, 15) is 9.70 Å². The molecule has 4 nitrogen and oxygen atoms in total. The van der Waals surface area contributed by atoms with Crippen LogP contribution < -0.4 is 0 Å². The van der Waals surface area contributed by atoms with Gasteiger partial charge < -0.3 is 4.74 Å². The summed E-state index contributed by atoms with van der Waals surface area (Å²) < 4.78 is 4.99. The third-order valence-corrected chi connectivity index (χ3v) is 1.94. The van der Waals surface area contributed by atoms with Crippen molar-refractivity contribution in [2.75, 3.05) is 13.2 Å². The number of hydrogen-bond acceptors (Lipinski definition) is 3. The van der Waals surface area contributed by atoms with Gasteiger partial charge in [-0.15, -0.1) is 4.91 Å². The zero-order chi connectivity index (χ0) is 11.1. The molecule has 4 heteroatoms. The second-order valence-electron chi connectivity index (χ2n) is 3.28. The summed E-state index contributed by atoms with van der Waals surface area (Å²) in [5.74, 6) is -0.765. The maximum Gasteiger partial charge on any atom is 0.311 e. The smallest absolute Gasteiger partial charge is 0.311 e. The van der Waals surface area contributed by atoms with Crippen molar-refractivity contribution in [1.29, 1.82) is 0 Å². The van der Waals surface area contributed by atoms with Crippen molar-refractivity contribution in [2.45, 2.75) is 13.3 Å². The van der Waals surface area contributed by atoms with Gasteiger partial charge in [-0.25, -0.2) is 0 Å². The second kappa shape index (κ2) is 6.03. The molecule has 0 aliphatic rings. The van der Waals surface area contributed by atoms with Crippen LogP contribution in [0.1, 0.15) is 11.1 Å². The number of carbonyl (C=O) groups excluding carboxylic acids is 1. The Morgan fingerprint density at radius 3 is 2.93 bits per heavy atom. The second-order valence-corrected chi connectivity index (χ2v) is 3.28. The van der Waals surface area contributed by atoms with Crippen molar-refractivity contribution >= 4 is 5.91 Å². The minimum absolute atomic E-state index is 0.227. The lowest BCUT2D eigenvalue weighted by molar-refractivity contribution is -0.122. The van der Waals surface area contributed by atoms with E-state index in [1.807, 2.05) is 25.1 Å². The zero-order valence-corrected chi connectivity index (χ0v) is 8.60. The van der Waals surface area contributed by atoms with Crippen LogP contribution in [0.2, 0.25) is 0 Å². The minimum atomic E-state index is -0.765. The van der Waals surface area contributed by atoms with Crippen molar-refractivity contribution in [3.8, 4) is 0 Å². The van der Waals surface area contributed by atoms with Gasteiger partial charge in [0.25, 0.3) is 0 Å². The van der Waals surface area contributed by atoms with E-state index < -0.39 is 5.91 Å². The quantitative estimate of drug-likeness (QED) is 0.547. The molecule has 1 rings (SSSR count). The van der Waals surface area contributed by atoms with Gasteiger partial charge in [-0.05, 0) is 18.9 Å². The number of benzene rings is 1. The molecule has 0 saturated carbocycles. The lowest BCUT2D eigenvalue weighted by Crippen LogP contribution is -2.07. The van der Waals surface area contributed by atoms with E-state index in [4.69, 9.17) is 4.74 Å². The molecule has 0 aromatic heterocycles. The lowest BCUT2D eigenvalue weighted by Gasteiger charge is -2.02. The number of ether oxygens (including phenoxy) is 1. The van der Waals surface area contributed by atoms with Crippen molar-refractivity contribution in [3.05, 3.63) is 40.3 Å². The molecule has 0 aliphatic carbocycles. The number of rotatable bonds is 5. The van der Waals surface area contributed by atoms with Crippen LogP contribution in [-0.4, -0.2) is 19.1 Å². The molecule has 0 radical (unpaired) electrons. The van der Waals surface area contributed by atoms with Crippen molar-refractivity contribution in [2.24, 2.45) is 5.18 Å². The summed E-state index contributed by atoms with van der Waals surface area (Å²) in [7, 11) is 0. The fourth-order valence-electron chi connectivity index (χ4n) is 1.24. The fraction of sp³-hybridized carbons (Fsp3) is 0.364. The third kappa shape index (κ3) is 4.46. The molecule has 15 heavy (non-hydrogen) atoms. The number of nitroso groups, excluding NO2 is 1. The normalized spacial score (nSPS) is 9.93. The highest BCUT2D eigenvalue weighted by Crippen LogP contribution is 2.04. The van der Waals surface area contributed by atoms with E-state index in [-0.39, 0.29) is 6.61 Å². The van der Waals surface area contributed by atoms with Crippen LogP contribution >= 0.6 is 0 Å². The molecule has 0 unspecified atom stereocenters. The van der Waals surface area contributed by atoms with Crippen molar-refractivity contribution in [1.82, 2.24) is 0 Å². The minimum Gasteiger partial charge on any atom is -0.371 e. The van der Waals surface area contributed by atoms with Gasteiger partial charge in [-0.3, -0.25) is 4.79 Å². The zero-order valence-electron chi connectivity index (χ0n) is 8.60. The molecule has 0 heterocycles. The Morgan fingerprint density at radius 1 is 1.47 bits per heavy atom. The average Bonchev–Trinajstić information content (AvgIpc) is 2.24. The average molecular weight is 207 g/mol. The predicted octanol–water partition coefficient (Wildman–Crippen LogP) is 1.85. The summed E-state index contributed by atoms with van der Waals surface area (Å²) in [5.41, 5.74) is 2.35. The van der Waals surface area contributed by atoms with Gasteiger partial charge in [0.2, 0.25) is 0 Å². The van der Waals surface area contributed by atoms with Crippen molar-refractivity contribution in [3.63, 3.8) is 0 Å². The number of aryl methyl sites for hydroxylation is 1. The number of carbonyl (C=O) groups is 1. The summed E-state index contributed by atoms with van der Waals surface area (Å²) in [6, 6.07) is 8.05. The molecule has 0 fully saturated rings.